The number of ether oxygens (including phenoxy) is 3. The Morgan fingerprint density at radius 2 is 2.08 bits per heavy atom. The van der Waals surface area contributed by atoms with Crippen molar-refractivity contribution in [2.45, 2.75) is 13.8 Å². The second-order valence-corrected chi connectivity index (χ2v) is 6.21. The molecule has 2 aromatic carbocycles. The zero-order valence-electron chi connectivity index (χ0n) is 14.9. The Balaban J connectivity index is 2.09. The first-order valence-corrected chi connectivity index (χ1v) is 8.84. The molecule has 1 N–H and O–H groups in total. The van der Waals surface area contributed by atoms with Crippen LogP contribution in [0.5, 0.6) is 11.5 Å². The van der Waals surface area contributed by atoms with Gasteiger partial charge in [-0.3, -0.25) is 5.43 Å². The molecule has 0 unspecified atom stereocenters. The fraction of sp³-hybridized carbons (Fsp3) is 0.263. The molecule has 0 aliphatic carbocycles. The minimum Gasteiger partial charge on any atom is -0.493 e. The van der Waals surface area contributed by atoms with Crippen molar-refractivity contribution < 1.29 is 19.0 Å². The number of rotatable bonds is 8. The van der Waals surface area contributed by atoms with Crippen LogP contribution < -0.4 is 14.9 Å². The molecule has 138 valence electrons. The number of methoxy groups -OCH3 is 1. The molecule has 0 amide bonds. The molecule has 0 saturated carbocycles. The second kappa shape index (κ2) is 9.82. The van der Waals surface area contributed by atoms with Crippen molar-refractivity contribution in [1.29, 1.82) is 0 Å². The molecular weight excluding hydrogens is 400 g/mol. The van der Waals surface area contributed by atoms with Gasteiger partial charge in [-0.05, 0) is 59.6 Å². The second-order valence-electron chi connectivity index (χ2n) is 5.36. The highest BCUT2D eigenvalue weighted by Crippen LogP contribution is 2.33. The number of hydrazone groups is 1. The lowest BCUT2D eigenvalue weighted by Crippen LogP contribution is -2.15. The van der Waals surface area contributed by atoms with E-state index in [0.29, 0.717) is 18.1 Å². The molecule has 6 nitrogen and oxygen atoms in total. The van der Waals surface area contributed by atoms with Crippen LogP contribution in [-0.2, 0) is 9.53 Å². The van der Waals surface area contributed by atoms with E-state index in [9.17, 15) is 4.79 Å². The van der Waals surface area contributed by atoms with Crippen molar-refractivity contribution >= 4 is 33.8 Å². The molecule has 2 aromatic rings. The molecule has 0 spiro atoms. The van der Waals surface area contributed by atoms with Gasteiger partial charge in [0.1, 0.15) is 0 Å². The number of nitrogens with one attached hydrogen (secondary N) is 1. The first-order chi connectivity index (χ1) is 12.5. The van der Waals surface area contributed by atoms with Gasteiger partial charge in [-0.2, -0.15) is 5.10 Å². The molecule has 0 atom stereocenters. The van der Waals surface area contributed by atoms with Crippen LogP contribution in [0.15, 0.2) is 46.0 Å². The topological polar surface area (TPSA) is 69.2 Å². The Morgan fingerprint density at radius 1 is 1.27 bits per heavy atom. The van der Waals surface area contributed by atoms with Gasteiger partial charge in [0.15, 0.2) is 18.1 Å². The van der Waals surface area contributed by atoms with Gasteiger partial charge in [0.2, 0.25) is 0 Å². The lowest BCUT2D eigenvalue weighted by atomic mass is 10.2. The van der Waals surface area contributed by atoms with Crippen molar-refractivity contribution in [2.24, 2.45) is 5.10 Å². The van der Waals surface area contributed by atoms with Crippen molar-refractivity contribution in [3.63, 3.8) is 0 Å². The predicted octanol–water partition coefficient (Wildman–Crippen LogP) is 4.15. The smallest absolute Gasteiger partial charge is 0.344 e. The van der Waals surface area contributed by atoms with Crippen LogP contribution in [0.2, 0.25) is 0 Å². The zero-order chi connectivity index (χ0) is 18.9. The molecule has 0 aromatic heterocycles. The number of halogens is 1. The Hall–Kier alpha value is -2.54. The van der Waals surface area contributed by atoms with Crippen molar-refractivity contribution in [2.75, 3.05) is 25.7 Å². The first-order valence-electron chi connectivity index (χ1n) is 8.05. The third kappa shape index (κ3) is 5.77. The largest absolute Gasteiger partial charge is 0.493 e. The van der Waals surface area contributed by atoms with E-state index in [2.05, 4.69) is 26.5 Å². The van der Waals surface area contributed by atoms with E-state index in [-0.39, 0.29) is 6.61 Å². The van der Waals surface area contributed by atoms with Crippen LogP contribution in [0, 0.1) is 6.92 Å². The van der Waals surface area contributed by atoms with Gasteiger partial charge in [0.25, 0.3) is 0 Å². The quantitative estimate of drug-likeness (QED) is 0.394. The van der Waals surface area contributed by atoms with Gasteiger partial charge in [-0.1, -0.05) is 12.1 Å². The van der Waals surface area contributed by atoms with Gasteiger partial charge >= 0.3 is 5.97 Å². The number of nitrogens with zero attached hydrogens (tertiary/aromatic N) is 1. The molecule has 0 aliphatic heterocycles. The number of anilines is 1. The molecule has 2 rings (SSSR count). The van der Waals surface area contributed by atoms with Gasteiger partial charge in [-0.15, -0.1) is 0 Å². The van der Waals surface area contributed by atoms with E-state index < -0.39 is 5.97 Å². The number of carbonyl (C=O) groups is 1. The Kier molecular flexibility index (Phi) is 7.47. The first kappa shape index (κ1) is 19.8. The number of hydrogen-bond acceptors (Lipinski definition) is 6. The van der Waals surface area contributed by atoms with E-state index in [1.165, 1.54) is 7.11 Å². The fourth-order valence-corrected chi connectivity index (χ4v) is 2.58. The predicted molar refractivity (Wildman–Crippen MR) is 105 cm³/mol. The fourth-order valence-electron chi connectivity index (χ4n) is 2.15. The SMILES string of the molecule is CCOC(=O)COc1cc(Br)c(C=NNc2cccc(C)c2)cc1OC. The summed E-state index contributed by atoms with van der Waals surface area (Å²) in [5, 5.41) is 4.24. The summed E-state index contributed by atoms with van der Waals surface area (Å²) in [7, 11) is 1.53. The molecule has 7 heteroatoms. The van der Waals surface area contributed by atoms with Crippen LogP contribution in [0.4, 0.5) is 5.69 Å². The molecule has 0 saturated heterocycles. The van der Waals surface area contributed by atoms with Crippen molar-refractivity contribution in [3.05, 3.63) is 52.0 Å². The number of carbonyl (C=O) groups excluding carboxylic acids is 1. The summed E-state index contributed by atoms with van der Waals surface area (Å²) < 4.78 is 16.4. The summed E-state index contributed by atoms with van der Waals surface area (Å²) in [5.74, 6) is 0.504. The lowest BCUT2D eigenvalue weighted by molar-refractivity contribution is -0.145. The van der Waals surface area contributed by atoms with Gasteiger partial charge in [-0.25, -0.2) is 4.79 Å². The molecule has 0 fully saturated rings. The standard InChI is InChI=1S/C19H21BrN2O4/c1-4-25-19(23)12-26-18-10-16(20)14(9-17(18)24-3)11-21-22-15-7-5-6-13(2)8-15/h5-11,22H,4,12H2,1-3H3. The van der Waals surface area contributed by atoms with Crippen molar-refractivity contribution in [3.8, 4) is 11.5 Å². The van der Waals surface area contributed by atoms with E-state index in [4.69, 9.17) is 14.2 Å². The van der Waals surface area contributed by atoms with Crippen molar-refractivity contribution in [1.82, 2.24) is 0 Å². The normalized spacial score (nSPS) is 10.6. The van der Waals surface area contributed by atoms with Crippen LogP contribution in [-0.4, -0.2) is 32.5 Å². The number of hydrogen-bond donors (Lipinski definition) is 1. The zero-order valence-corrected chi connectivity index (χ0v) is 16.5. The summed E-state index contributed by atoms with van der Waals surface area (Å²) in [6, 6.07) is 11.4. The summed E-state index contributed by atoms with van der Waals surface area (Å²) in [5.41, 5.74) is 5.83. The summed E-state index contributed by atoms with van der Waals surface area (Å²) in [6.45, 7) is 3.89. The molecule has 26 heavy (non-hydrogen) atoms. The molecule has 0 radical (unpaired) electrons. The summed E-state index contributed by atoms with van der Waals surface area (Å²) in [4.78, 5) is 11.4. The highest BCUT2D eigenvalue weighted by Gasteiger charge is 2.11. The maximum absolute atomic E-state index is 11.4. The minimum atomic E-state index is -0.432. The van der Waals surface area contributed by atoms with Crippen LogP contribution in [0.3, 0.4) is 0 Å². The Morgan fingerprint density at radius 3 is 2.77 bits per heavy atom. The van der Waals surface area contributed by atoms with Crippen LogP contribution in [0.25, 0.3) is 0 Å². The Bertz CT molecular complexity index is 793. The number of benzene rings is 2. The van der Waals surface area contributed by atoms with Crippen LogP contribution >= 0.6 is 15.9 Å². The van der Waals surface area contributed by atoms with Gasteiger partial charge in [0.05, 0.1) is 25.6 Å². The average Bonchev–Trinajstić information content (AvgIpc) is 2.61. The van der Waals surface area contributed by atoms with Gasteiger partial charge < -0.3 is 14.2 Å². The molecule has 0 aliphatic rings. The number of esters is 1. The van der Waals surface area contributed by atoms with E-state index in [0.717, 1.165) is 21.3 Å². The average molecular weight is 421 g/mol. The van der Waals surface area contributed by atoms with E-state index >= 15 is 0 Å². The Labute approximate surface area is 161 Å². The third-order valence-corrected chi connectivity index (χ3v) is 4.04. The molecule has 0 heterocycles. The minimum absolute atomic E-state index is 0.182. The monoisotopic (exact) mass is 420 g/mol. The maximum atomic E-state index is 11.4. The maximum Gasteiger partial charge on any atom is 0.344 e. The molecular formula is C19H21BrN2O4. The highest BCUT2D eigenvalue weighted by atomic mass is 79.9. The van der Waals surface area contributed by atoms with Crippen LogP contribution in [0.1, 0.15) is 18.1 Å². The molecule has 0 bridgehead atoms. The van der Waals surface area contributed by atoms with E-state index in [1.807, 2.05) is 31.2 Å². The number of aryl methyl sites for hydroxylation is 1. The van der Waals surface area contributed by atoms with Gasteiger partial charge in [0, 0.05) is 10.0 Å². The summed E-state index contributed by atoms with van der Waals surface area (Å²) in [6.07, 6.45) is 1.67. The summed E-state index contributed by atoms with van der Waals surface area (Å²) >= 11 is 3.48. The third-order valence-electron chi connectivity index (χ3n) is 3.35. The highest BCUT2D eigenvalue weighted by molar-refractivity contribution is 9.10. The lowest BCUT2D eigenvalue weighted by Gasteiger charge is -2.12. The van der Waals surface area contributed by atoms with E-state index in [1.54, 1.807) is 25.3 Å².